The van der Waals surface area contributed by atoms with Crippen LogP contribution in [0.2, 0.25) is 0 Å². The third-order valence-electron chi connectivity index (χ3n) is 4.23. The van der Waals surface area contributed by atoms with Crippen molar-refractivity contribution in [2.45, 2.75) is 38.5 Å². The summed E-state index contributed by atoms with van der Waals surface area (Å²) in [7, 11) is 4.05. The molecule has 2 aromatic rings. The van der Waals surface area contributed by atoms with E-state index in [1.807, 2.05) is 32.3 Å². The number of para-hydroxylation sites is 1. The molecule has 3 rings (SSSR count). The quantitative estimate of drug-likeness (QED) is 0.920. The highest BCUT2D eigenvalue weighted by Crippen LogP contribution is 2.31. The maximum atomic E-state index is 10.1. The number of rotatable bonds is 2. The smallest absolute Gasteiger partial charge is 0.165 e. The van der Waals surface area contributed by atoms with Crippen molar-refractivity contribution in [3.8, 4) is 17.1 Å². The van der Waals surface area contributed by atoms with Gasteiger partial charge < -0.3 is 10.0 Å². The second kappa shape index (κ2) is 6.34. The lowest BCUT2D eigenvalue weighted by molar-refractivity contribution is 0.477. The molecule has 1 aromatic heterocycles. The Kier molecular flexibility index (Phi) is 4.27. The number of nitrogens with zero attached hydrogens (tertiary/aromatic N) is 3. The largest absolute Gasteiger partial charge is 0.507 e. The van der Waals surface area contributed by atoms with E-state index in [9.17, 15) is 5.11 Å². The molecule has 0 radical (unpaired) electrons. The fourth-order valence-corrected chi connectivity index (χ4v) is 3.08. The summed E-state index contributed by atoms with van der Waals surface area (Å²) >= 11 is 0. The van der Waals surface area contributed by atoms with Crippen LogP contribution in [-0.2, 0) is 12.8 Å². The van der Waals surface area contributed by atoms with Gasteiger partial charge in [0, 0.05) is 25.4 Å². The highest BCUT2D eigenvalue weighted by atomic mass is 16.3. The van der Waals surface area contributed by atoms with E-state index < -0.39 is 0 Å². The lowest BCUT2D eigenvalue weighted by Gasteiger charge is -2.22. The van der Waals surface area contributed by atoms with Gasteiger partial charge >= 0.3 is 0 Å². The Bertz CT molecular complexity index is 667. The standard InChI is InChI=1S/C18H23N3O/c1-21(2)18-13-9-5-3-4-6-11-15(13)19-17(20-18)14-10-7-8-12-16(14)22/h7-8,10,12,22H,3-6,9,11H2,1-2H3. The van der Waals surface area contributed by atoms with Crippen molar-refractivity contribution < 1.29 is 5.11 Å². The predicted octanol–water partition coefficient (Wildman–Crippen LogP) is 3.57. The Morgan fingerprint density at radius 2 is 1.68 bits per heavy atom. The molecular formula is C18H23N3O. The summed E-state index contributed by atoms with van der Waals surface area (Å²) in [4.78, 5) is 11.6. The Hall–Kier alpha value is -2.10. The van der Waals surface area contributed by atoms with Crippen molar-refractivity contribution in [2.75, 3.05) is 19.0 Å². The van der Waals surface area contributed by atoms with Crippen LogP contribution in [0.1, 0.15) is 36.9 Å². The molecule has 0 saturated heterocycles. The summed E-state index contributed by atoms with van der Waals surface area (Å²) in [5.41, 5.74) is 3.14. The van der Waals surface area contributed by atoms with E-state index >= 15 is 0 Å². The molecule has 1 aliphatic rings. The SMILES string of the molecule is CN(C)c1nc(-c2ccccc2O)nc2c1CCCCCC2. The summed E-state index contributed by atoms with van der Waals surface area (Å²) in [6, 6.07) is 7.29. The molecule has 1 N–H and O–H groups in total. The zero-order valence-corrected chi connectivity index (χ0v) is 13.3. The fourth-order valence-electron chi connectivity index (χ4n) is 3.08. The lowest BCUT2D eigenvalue weighted by atomic mass is 9.97. The molecule has 0 unspecified atom stereocenters. The van der Waals surface area contributed by atoms with E-state index in [1.54, 1.807) is 6.07 Å². The summed E-state index contributed by atoms with van der Waals surface area (Å²) in [5, 5.41) is 10.1. The van der Waals surface area contributed by atoms with Gasteiger partial charge in [-0.2, -0.15) is 0 Å². The van der Waals surface area contributed by atoms with Crippen LogP contribution in [0.3, 0.4) is 0 Å². The zero-order valence-electron chi connectivity index (χ0n) is 13.3. The van der Waals surface area contributed by atoms with Gasteiger partial charge in [0.25, 0.3) is 0 Å². The third-order valence-corrected chi connectivity index (χ3v) is 4.23. The van der Waals surface area contributed by atoms with E-state index in [1.165, 1.54) is 31.2 Å². The Balaban J connectivity index is 2.15. The number of phenols is 1. The van der Waals surface area contributed by atoms with Crippen molar-refractivity contribution in [1.82, 2.24) is 9.97 Å². The van der Waals surface area contributed by atoms with Gasteiger partial charge in [0.15, 0.2) is 5.82 Å². The molecule has 1 heterocycles. The Labute approximate surface area is 131 Å². The van der Waals surface area contributed by atoms with E-state index in [0.717, 1.165) is 24.4 Å². The summed E-state index contributed by atoms with van der Waals surface area (Å²) in [5.74, 6) is 1.85. The first-order valence-electron chi connectivity index (χ1n) is 8.02. The van der Waals surface area contributed by atoms with Gasteiger partial charge in [0.05, 0.1) is 5.56 Å². The molecular weight excluding hydrogens is 274 g/mol. The average molecular weight is 297 g/mol. The van der Waals surface area contributed by atoms with Crippen LogP contribution < -0.4 is 4.90 Å². The molecule has 0 bridgehead atoms. The molecule has 0 spiro atoms. The number of hydrogen-bond donors (Lipinski definition) is 1. The second-order valence-corrected chi connectivity index (χ2v) is 6.12. The number of benzene rings is 1. The van der Waals surface area contributed by atoms with Crippen molar-refractivity contribution >= 4 is 5.82 Å². The molecule has 1 aromatic carbocycles. The molecule has 0 atom stereocenters. The molecule has 116 valence electrons. The number of fused-ring (bicyclic) bond motifs is 1. The van der Waals surface area contributed by atoms with Crippen LogP contribution >= 0.6 is 0 Å². The topological polar surface area (TPSA) is 49.2 Å². The molecule has 0 amide bonds. The van der Waals surface area contributed by atoms with Crippen LogP contribution in [0.15, 0.2) is 24.3 Å². The second-order valence-electron chi connectivity index (χ2n) is 6.12. The van der Waals surface area contributed by atoms with E-state index in [2.05, 4.69) is 4.90 Å². The molecule has 0 aliphatic heterocycles. The van der Waals surface area contributed by atoms with Gasteiger partial charge in [0.2, 0.25) is 0 Å². The van der Waals surface area contributed by atoms with Crippen LogP contribution in [0.4, 0.5) is 5.82 Å². The van der Waals surface area contributed by atoms with E-state index in [0.29, 0.717) is 11.4 Å². The van der Waals surface area contributed by atoms with Gasteiger partial charge in [0.1, 0.15) is 11.6 Å². The maximum absolute atomic E-state index is 10.1. The van der Waals surface area contributed by atoms with E-state index in [4.69, 9.17) is 9.97 Å². The van der Waals surface area contributed by atoms with Gasteiger partial charge in [-0.05, 0) is 37.8 Å². The average Bonchev–Trinajstić information content (AvgIpc) is 2.47. The minimum absolute atomic E-state index is 0.234. The van der Waals surface area contributed by atoms with Gasteiger partial charge in [-0.25, -0.2) is 9.97 Å². The normalized spacial score (nSPS) is 14.8. The van der Waals surface area contributed by atoms with Gasteiger partial charge in [-0.1, -0.05) is 25.0 Å². The van der Waals surface area contributed by atoms with Crippen LogP contribution in [0.25, 0.3) is 11.4 Å². The molecule has 0 saturated carbocycles. The van der Waals surface area contributed by atoms with E-state index in [-0.39, 0.29) is 5.75 Å². The number of aromatic nitrogens is 2. The third kappa shape index (κ3) is 2.91. The minimum atomic E-state index is 0.234. The summed E-state index contributed by atoms with van der Waals surface area (Å²) in [6.07, 6.45) is 6.98. The highest BCUT2D eigenvalue weighted by molar-refractivity contribution is 5.66. The molecule has 22 heavy (non-hydrogen) atoms. The minimum Gasteiger partial charge on any atom is -0.507 e. The van der Waals surface area contributed by atoms with Crippen LogP contribution in [0, 0.1) is 0 Å². The number of aryl methyl sites for hydroxylation is 1. The summed E-state index contributed by atoms with van der Waals surface area (Å²) in [6.45, 7) is 0. The maximum Gasteiger partial charge on any atom is 0.165 e. The lowest BCUT2D eigenvalue weighted by Crippen LogP contribution is -2.17. The van der Waals surface area contributed by atoms with Gasteiger partial charge in [-0.15, -0.1) is 0 Å². The first-order chi connectivity index (χ1) is 10.7. The summed E-state index contributed by atoms with van der Waals surface area (Å²) < 4.78 is 0. The number of hydrogen-bond acceptors (Lipinski definition) is 4. The monoisotopic (exact) mass is 297 g/mol. The molecule has 4 heteroatoms. The first-order valence-corrected chi connectivity index (χ1v) is 8.02. The predicted molar refractivity (Wildman–Crippen MR) is 89.3 cm³/mol. The fraction of sp³-hybridized carbons (Fsp3) is 0.444. The van der Waals surface area contributed by atoms with Gasteiger partial charge in [-0.3, -0.25) is 0 Å². The highest BCUT2D eigenvalue weighted by Gasteiger charge is 2.19. The molecule has 4 nitrogen and oxygen atoms in total. The zero-order chi connectivity index (χ0) is 15.5. The first kappa shape index (κ1) is 14.8. The number of phenolic OH excluding ortho intramolecular Hbond substituents is 1. The Morgan fingerprint density at radius 3 is 2.41 bits per heavy atom. The van der Waals surface area contributed by atoms with Crippen molar-refractivity contribution in [3.05, 3.63) is 35.5 Å². The van der Waals surface area contributed by atoms with Crippen molar-refractivity contribution in [1.29, 1.82) is 0 Å². The number of anilines is 1. The van der Waals surface area contributed by atoms with Crippen LogP contribution in [-0.4, -0.2) is 29.2 Å². The molecule has 1 aliphatic carbocycles. The van der Waals surface area contributed by atoms with Crippen molar-refractivity contribution in [2.24, 2.45) is 0 Å². The Morgan fingerprint density at radius 1 is 0.955 bits per heavy atom. The van der Waals surface area contributed by atoms with Crippen molar-refractivity contribution in [3.63, 3.8) is 0 Å². The number of aromatic hydroxyl groups is 1. The molecule has 0 fully saturated rings. The van der Waals surface area contributed by atoms with Crippen LogP contribution in [0.5, 0.6) is 5.75 Å².